The smallest absolute Gasteiger partial charge is 0.267 e. The fourth-order valence-corrected chi connectivity index (χ4v) is 4.72. The van der Waals surface area contributed by atoms with Crippen molar-refractivity contribution < 1.29 is 14.3 Å². The van der Waals surface area contributed by atoms with Crippen LogP contribution in [0.25, 0.3) is 16.6 Å². The van der Waals surface area contributed by atoms with Gasteiger partial charge in [0.25, 0.3) is 11.5 Å². The SMILES string of the molecule is COc1ccc(CNC(=O)c2ccc3c(=O)n(-c4cccc(C)c4)c(N4CCCC4)nc3c2)c(OC)c1. The summed E-state index contributed by atoms with van der Waals surface area (Å²) in [6.07, 6.45) is 2.11. The lowest BCUT2D eigenvalue weighted by atomic mass is 10.1. The number of fused-ring (bicyclic) bond motifs is 1. The van der Waals surface area contributed by atoms with Crippen LogP contribution in [0.1, 0.15) is 34.3 Å². The first-order chi connectivity index (χ1) is 18.0. The van der Waals surface area contributed by atoms with Crippen LogP contribution in [0.2, 0.25) is 0 Å². The van der Waals surface area contributed by atoms with Gasteiger partial charge in [-0.2, -0.15) is 0 Å². The van der Waals surface area contributed by atoms with E-state index in [0.717, 1.165) is 42.7 Å². The zero-order chi connectivity index (χ0) is 25.9. The molecule has 0 aliphatic carbocycles. The number of hydrogen-bond acceptors (Lipinski definition) is 6. The van der Waals surface area contributed by atoms with Crippen LogP contribution in [0, 0.1) is 6.92 Å². The van der Waals surface area contributed by atoms with Crippen LogP contribution in [0.15, 0.2) is 65.5 Å². The van der Waals surface area contributed by atoms with Gasteiger partial charge in [0, 0.05) is 36.8 Å². The number of rotatable bonds is 7. The van der Waals surface area contributed by atoms with Crippen molar-refractivity contribution in [2.45, 2.75) is 26.3 Å². The lowest BCUT2D eigenvalue weighted by Gasteiger charge is -2.22. The van der Waals surface area contributed by atoms with Crippen LogP contribution in [-0.2, 0) is 6.54 Å². The zero-order valence-corrected chi connectivity index (χ0v) is 21.3. The first kappa shape index (κ1) is 24.4. The summed E-state index contributed by atoms with van der Waals surface area (Å²) in [4.78, 5) is 33.8. The van der Waals surface area contributed by atoms with Gasteiger partial charge >= 0.3 is 0 Å². The number of nitrogens with one attached hydrogen (secondary N) is 1. The molecule has 8 nitrogen and oxygen atoms in total. The van der Waals surface area contributed by atoms with Gasteiger partial charge < -0.3 is 19.7 Å². The van der Waals surface area contributed by atoms with Crippen molar-refractivity contribution in [1.29, 1.82) is 0 Å². The summed E-state index contributed by atoms with van der Waals surface area (Å²) in [7, 11) is 3.17. The Balaban J connectivity index is 1.49. The molecule has 3 aromatic carbocycles. The quantitative estimate of drug-likeness (QED) is 0.410. The topological polar surface area (TPSA) is 85.7 Å². The van der Waals surface area contributed by atoms with E-state index < -0.39 is 0 Å². The van der Waals surface area contributed by atoms with Gasteiger partial charge in [-0.1, -0.05) is 12.1 Å². The number of amides is 1. The van der Waals surface area contributed by atoms with Gasteiger partial charge in [-0.05, 0) is 67.8 Å². The van der Waals surface area contributed by atoms with Crippen molar-refractivity contribution >= 4 is 22.8 Å². The van der Waals surface area contributed by atoms with Gasteiger partial charge in [0.15, 0.2) is 0 Å². The number of carbonyl (C=O) groups excluding carboxylic acids is 1. The molecule has 0 radical (unpaired) electrons. The Hall–Kier alpha value is -4.33. The molecule has 2 heterocycles. The predicted octanol–water partition coefficient (Wildman–Crippen LogP) is 4.24. The highest BCUT2D eigenvalue weighted by Crippen LogP contribution is 2.26. The Morgan fingerprint density at radius 1 is 1.00 bits per heavy atom. The second kappa shape index (κ2) is 10.3. The maximum absolute atomic E-state index is 13.7. The summed E-state index contributed by atoms with van der Waals surface area (Å²) in [6.45, 7) is 3.97. The molecule has 0 saturated carbocycles. The molecule has 1 N–H and O–H groups in total. The summed E-state index contributed by atoms with van der Waals surface area (Å²) < 4.78 is 12.4. The lowest BCUT2D eigenvalue weighted by Crippen LogP contribution is -2.30. The van der Waals surface area contributed by atoms with Crippen molar-refractivity contribution in [2.75, 3.05) is 32.2 Å². The highest BCUT2D eigenvalue weighted by Gasteiger charge is 2.22. The van der Waals surface area contributed by atoms with Crippen LogP contribution < -0.4 is 25.2 Å². The van der Waals surface area contributed by atoms with Crippen LogP contribution in [0.5, 0.6) is 11.5 Å². The van der Waals surface area contributed by atoms with Crippen LogP contribution in [0.4, 0.5) is 5.95 Å². The van der Waals surface area contributed by atoms with Crippen LogP contribution >= 0.6 is 0 Å². The molecule has 8 heteroatoms. The molecular weight excluding hydrogens is 468 g/mol. The fourth-order valence-electron chi connectivity index (χ4n) is 4.72. The molecule has 0 unspecified atom stereocenters. The minimum Gasteiger partial charge on any atom is -0.497 e. The van der Waals surface area contributed by atoms with E-state index in [1.165, 1.54) is 0 Å². The van der Waals surface area contributed by atoms with Crippen molar-refractivity contribution in [3.05, 3.63) is 87.7 Å². The molecule has 1 aromatic heterocycles. The summed E-state index contributed by atoms with van der Waals surface area (Å²) in [5, 5.41) is 3.41. The number of anilines is 1. The van der Waals surface area contributed by atoms with Crippen molar-refractivity contribution in [1.82, 2.24) is 14.9 Å². The number of aromatic nitrogens is 2. The number of hydrogen-bond donors (Lipinski definition) is 1. The first-order valence-electron chi connectivity index (χ1n) is 12.4. The van der Waals surface area contributed by atoms with E-state index in [1.807, 2.05) is 43.3 Å². The standard InChI is InChI=1S/C29H30N4O4/c1-19-7-6-8-22(15-19)33-28(35)24-12-10-20(16-25(24)31-29(33)32-13-4-5-14-32)27(34)30-18-21-9-11-23(36-2)17-26(21)37-3/h6-12,15-17H,4-5,13-14,18H2,1-3H3,(H,30,34). The number of ether oxygens (including phenoxy) is 2. The molecule has 0 bridgehead atoms. The molecule has 37 heavy (non-hydrogen) atoms. The largest absolute Gasteiger partial charge is 0.497 e. The number of methoxy groups -OCH3 is 2. The van der Waals surface area contributed by atoms with E-state index in [-0.39, 0.29) is 18.0 Å². The average molecular weight is 499 g/mol. The third-order valence-corrected chi connectivity index (χ3v) is 6.70. The van der Waals surface area contributed by atoms with Gasteiger partial charge in [0.05, 0.1) is 30.8 Å². The van der Waals surface area contributed by atoms with Gasteiger partial charge in [-0.25, -0.2) is 9.55 Å². The van der Waals surface area contributed by atoms with E-state index in [1.54, 1.807) is 43.1 Å². The normalized spacial score (nSPS) is 13.1. The molecule has 0 spiro atoms. The molecule has 0 atom stereocenters. The molecular formula is C29H30N4O4. The highest BCUT2D eigenvalue weighted by molar-refractivity contribution is 5.97. The lowest BCUT2D eigenvalue weighted by molar-refractivity contribution is 0.0951. The molecule has 1 fully saturated rings. The molecule has 5 rings (SSSR count). The Bertz CT molecular complexity index is 1520. The molecule has 1 aliphatic heterocycles. The van der Waals surface area contributed by atoms with Crippen molar-refractivity contribution in [3.63, 3.8) is 0 Å². The predicted molar refractivity (Wildman–Crippen MR) is 144 cm³/mol. The van der Waals surface area contributed by atoms with Crippen LogP contribution in [-0.4, -0.2) is 42.8 Å². The summed E-state index contributed by atoms with van der Waals surface area (Å²) >= 11 is 0. The van der Waals surface area contributed by atoms with Crippen molar-refractivity contribution in [2.24, 2.45) is 0 Å². The minimum absolute atomic E-state index is 0.146. The van der Waals surface area contributed by atoms with Crippen LogP contribution in [0.3, 0.4) is 0 Å². The summed E-state index contributed by atoms with van der Waals surface area (Å²) in [5.74, 6) is 1.66. The first-order valence-corrected chi connectivity index (χ1v) is 12.4. The van der Waals surface area contributed by atoms with E-state index >= 15 is 0 Å². The number of carbonyl (C=O) groups is 1. The number of benzene rings is 3. The Labute approximate surface area is 215 Å². The van der Waals surface area contributed by atoms with Crippen molar-refractivity contribution in [3.8, 4) is 17.2 Å². The Morgan fingerprint density at radius 3 is 2.54 bits per heavy atom. The third kappa shape index (κ3) is 4.87. The minimum atomic E-state index is -0.257. The summed E-state index contributed by atoms with van der Waals surface area (Å²) in [5.41, 5.74) is 3.48. The maximum atomic E-state index is 13.7. The molecule has 4 aromatic rings. The van der Waals surface area contributed by atoms with Gasteiger partial charge in [-0.3, -0.25) is 9.59 Å². The zero-order valence-electron chi connectivity index (χ0n) is 21.3. The van der Waals surface area contributed by atoms with E-state index in [4.69, 9.17) is 14.5 Å². The Morgan fingerprint density at radius 2 is 1.81 bits per heavy atom. The number of nitrogens with zero attached hydrogens (tertiary/aromatic N) is 3. The molecule has 1 saturated heterocycles. The van der Waals surface area contributed by atoms with Gasteiger partial charge in [0.1, 0.15) is 11.5 Å². The fraction of sp³-hybridized carbons (Fsp3) is 0.276. The van der Waals surface area contributed by atoms with E-state index in [9.17, 15) is 9.59 Å². The Kier molecular flexibility index (Phi) is 6.81. The summed E-state index contributed by atoms with van der Waals surface area (Å²) in [6, 6.07) is 18.4. The molecule has 1 aliphatic rings. The van der Waals surface area contributed by atoms with Gasteiger partial charge in [-0.15, -0.1) is 0 Å². The third-order valence-electron chi connectivity index (χ3n) is 6.70. The van der Waals surface area contributed by atoms with E-state index in [2.05, 4.69) is 10.2 Å². The second-order valence-corrected chi connectivity index (χ2v) is 9.18. The second-order valence-electron chi connectivity index (χ2n) is 9.18. The number of aryl methyl sites for hydroxylation is 1. The van der Waals surface area contributed by atoms with Gasteiger partial charge in [0.2, 0.25) is 5.95 Å². The van der Waals surface area contributed by atoms with E-state index in [0.29, 0.717) is 33.9 Å². The molecule has 190 valence electrons. The average Bonchev–Trinajstić information content (AvgIpc) is 3.46. The molecule has 1 amide bonds. The highest BCUT2D eigenvalue weighted by atomic mass is 16.5. The monoisotopic (exact) mass is 498 g/mol. The maximum Gasteiger partial charge on any atom is 0.267 e.